The molecule has 128 valence electrons. The first-order valence-electron chi connectivity index (χ1n) is 6.49. The Balaban J connectivity index is 2.65. The molecule has 9 heteroatoms. The maximum absolute atomic E-state index is 12.5. The molecule has 0 amide bonds. The zero-order valence-corrected chi connectivity index (χ0v) is 13.5. The number of carbonyl (C=O) groups is 1. The Labute approximate surface area is 137 Å². The van der Waals surface area contributed by atoms with E-state index in [2.05, 4.69) is 4.74 Å². The fourth-order valence-electron chi connectivity index (χ4n) is 2.08. The number of methoxy groups -OCH3 is 2. The molecule has 24 heavy (non-hydrogen) atoms. The second-order valence-electron chi connectivity index (χ2n) is 4.69. The summed E-state index contributed by atoms with van der Waals surface area (Å²) in [6.07, 6.45) is 0. The van der Waals surface area contributed by atoms with Crippen LogP contribution in [-0.4, -0.2) is 43.2 Å². The summed E-state index contributed by atoms with van der Waals surface area (Å²) >= 11 is 0. The Hall–Kier alpha value is -2.78. The van der Waals surface area contributed by atoms with E-state index in [-0.39, 0.29) is 5.56 Å². The highest BCUT2D eigenvalue weighted by molar-refractivity contribution is 7.86. The molecular formula is C15H14O8S. The van der Waals surface area contributed by atoms with Crippen molar-refractivity contribution >= 4 is 15.9 Å². The highest BCUT2D eigenvalue weighted by atomic mass is 32.2. The minimum atomic E-state index is -4.80. The molecule has 0 fully saturated rings. The van der Waals surface area contributed by atoms with Crippen molar-refractivity contribution in [2.75, 3.05) is 14.2 Å². The Morgan fingerprint density at radius 2 is 1.58 bits per heavy atom. The molecule has 0 heterocycles. The molecule has 3 N–H and O–H groups in total. The van der Waals surface area contributed by atoms with Crippen molar-refractivity contribution in [1.82, 2.24) is 0 Å². The Morgan fingerprint density at radius 3 is 2.04 bits per heavy atom. The molecule has 0 bridgehead atoms. The van der Waals surface area contributed by atoms with Gasteiger partial charge in [0.25, 0.3) is 10.1 Å². The largest absolute Gasteiger partial charge is 0.504 e. The van der Waals surface area contributed by atoms with Gasteiger partial charge in [-0.1, -0.05) is 0 Å². The Bertz CT molecular complexity index is 885. The van der Waals surface area contributed by atoms with E-state index in [4.69, 9.17) is 4.74 Å². The molecule has 0 aromatic heterocycles. The summed E-state index contributed by atoms with van der Waals surface area (Å²) in [5.74, 6) is -2.77. The molecule has 8 nitrogen and oxygen atoms in total. The SMILES string of the molecule is COc1ccc(C(=O)c2cc(S(=O)(=O)O)c(OC)c(O)c2O)cc1. The van der Waals surface area contributed by atoms with Gasteiger partial charge in [-0.05, 0) is 30.3 Å². The van der Waals surface area contributed by atoms with Crippen molar-refractivity contribution in [3.63, 3.8) is 0 Å². The van der Waals surface area contributed by atoms with E-state index >= 15 is 0 Å². The first-order valence-corrected chi connectivity index (χ1v) is 7.93. The van der Waals surface area contributed by atoms with E-state index in [0.717, 1.165) is 13.2 Å². The van der Waals surface area contributed by atoms with Gasteiger partial charge in [0.15, 0.2) is 17.3 Å². The van der Waals surface area contributed by atoms with E-state index in [1.807, 2.05) is 0 Å². The van der Waals surface area contributed by atoms with Crippen molar-refractivity contribution in [3.8, 4) is 23.0 Å². The normalized spacial score (nSPS) is 11.1. The minimum absolute atomic E-state index is 0.108. The van der Waals surface area contributed by atoms with Crippen LogP contribution in [0.15, 0.2) is 35.2 Å². The van der Waals surface area contributed by atoms with Gasteiger partial charge in [-0.25, -0.2) is 0 Å². The number of phenols is 2. The zero-order chi connectivity index (χ0) is 18.1. The summed E-state index contributed by atoms with van der Waals surface area (Å²) in [7, 11) is -2.32. The topological polar surface area (TPSA) is 130 Å². The smallest absolute Gasteiger partial charge is 0.298 e. The van der Waals surface area contributed by atoms with Crippen LogP contribution in [0.25, 0.3) is 0 Å². The molecule has 0 saturated heterocycles. The van der Waals surface area contributed by atoms with E-state index < -0.39 is 43.6 Å². The van der Waals surface area contributed by atoms with Crippen LogP contribution in [0.1, 0.15) is 15.9 Å². The standard InChI is InChI=1S/C15H14O8S/c1-22-9-5-3-8(4-6-9)12(16)10-7-11(24(19,20)21)15(23-2)14(18)13(10)17/h3-7,17-18H,1-2H3,(H,19,20,21). The van der Waals surface area contributed by atoms with Gasteiger partial charge in [-0.2, -0.15) is 8.42 Å². The quantitative estimate of drug-likeness (QED) is 0.419. The van der Waals surface area contributed by atoms with Gasteiger partial charge in [0.1, 0.15) is 10.6 Å². The number of hydrogen-bond acceptors (Lipinski definition) is 7. The third kappa shape index (κ3) is 3.12. The van der Waals surface area contributed by atoms with Crippen LogP contribution in [0, 0.1) is 0 Å². The number of hydrogen-bond donors (Lipinski definition) is 3. The molecule has 2 rings (SSSR count). The maximum Gasteiger partial charge on any atom is 0.298 e. The summed E-state index contributed by atoms with van der Waals surface area (Å²) in [5.41, 5.74) is -0.400. The van der Waals surface area contributed by atoms with E-state index in [1.54, 1.807) is 0 Å². The van der Waals surface area contributed by atoms with Crippen molar-refractivity contribution in [2.24, 2.45) is 0 Å². The number of phenolic OH excluding ortho intramolecular Hbond substituents is 2. The minimum Gasteiger partial charge on any atom is -0.504 e. The molecule has 2 aromatic rings. The summed E-state index contributed by atoms with van der Waals surface area (Å²) in [4.78, 5) is 11.6. The average molecular weight is 354 g/mol. The lowest BCUT2D eigenvalue weighted by molar-refractivity contribution is 0.103. The maximum atomic E-state index is 12.5. The molecule has 0 spiro atoms. The zero-order valence-electron chi connectivity index (χ0n) is 12.7. The van der Waals surface area contributed by atoms with Crippen molar-refractivity contribution in [2.45, 2.75) is 4.90 Å². The van der Waals surface area contributed by atoms with Gasteiger partial charge < -0.3 is 19.7 Å². The molecule has 2 aromatic carbocycles. The number of ketones is 1. The van der Waals surface area contributed by atoms with Crippen molar-refractivity contribution in [1.29, 1.82) is 0 Å². The predicted molar refractivity (Wildman–Crippen MR) is 82.6 cm³/mol. The lowest BCUT2D eigenvalue weighted by Gasteiger charge is -2.13. The lowest BCUT2D eigenvalue weighted by Crippen LogP contribution is -2.07. The summed E-state index contributed by atoms with van der Waals surface area (Å²) < 4.78 is 41.7. The molecule has 0 atom stereocenters. The van der Waals surface area contributed by atoms with Crippen molar-refractivity contribution < 1.29 is 37.5 Å². The monoisotopic (exact) mass is 354 g/mol. The summed E-state index contributed by atoms with van der Waals surface area (Å²) in [5, 5.41) is 19.9. The van der Waals surface area contributed by atoms with Gasteiger partial charge in [0, 0.05) is 5.56 Å². The molecule has 0 saturated carbocycles. The second-order valence-corrected chi connectivity index (χ2v) is 6.08. The first kappa shape index (κ1) is 17.6. The number of aromatic hydroxyl groups is 2. The third-order valence-electron chi connectivity index (χ3n) is 3.27. The molecule has 0 aliphatic carbocycles. The summed E-state index contributed by atoms with van der Waals surface area (Å²) in [6.45, 7) is 0. The van der Waals surface area contributed by atoms with Gasteiger partial charge in [0.05, 0.1) is 19.8 Å². The van der Waals surface area contributed by atoms with Crippen LogP contribution in [0.5, 0.6) is 23.0 Å². The highest BCUT2D eigenvalue weighted by Crippen LogP contribution is 2.43. The van der Waals surface area contributed by atoms with Gasteiger partial charge in [0.2, 0.25) is 5.75 Å². The van der Waals surface area contributed by atoms with Crippen molar-refractivity contribution in [3.05, 3.63) is 41.5 Å². The van der Waals surface area contributed by atoms with Gasteiger partial charge >= 0.3 is 0 Å². The fraction of sp³-hybridized carbons (Fsp3) is 0.133. The van der Waals surface area contributed by atoms with E-state index in [0.29, 0.717) is 5.75 Å². The Kier molecular flexibility index (Phi) is 4.67. The molecule has 0 aliphatic rings. The van der Waals surface area contributed by atoms with Gasteiger partial charge in [-0.3, -0.25) is 9.35 Å². The number of carbonyl (C=O) groups excluding carboxylic acids is 1. The molecular weight excluding hydrogens is 340 g/mol. The molecule has 0 radical (unpaired) electrons. The van der Waals surface area contributed by atoms with E-state index in [9.17, 15) is 28.0 Å². The molecule has 0 unspecified atom stereocenters. The number of rotatable bonds is 5. The van der Waals surface area contributed by atoms with E-state index in [1.165, 1.54) is 31.4 Å². The number of benzene rings is 2. The highest BCUT2D eigenvalue weighted by Gasteiger charge is 2.28. The van der Waals surface area contributed by atoms with Gasteiger partial charge in [-0.15, -0.1) is 0 Å². The lowest BCUT2D eigenvalue weighted by atomic mass is 10.0. The third-order valence-corrected chi connectivity index (χ3v) is 4.13. The molecule has 0 aliphatic heterocycles. The second kappa shape index (κ2) is 6.38. The van der Waals surface area contributed by atoms with Crippen LogP contribution in [-0.2, 0) is 10.1 Å². The number of ether oxygens (including phenoxy) is 2. The average Bonchev–Trinajstić information content (AvgIpc) is 2.55. The summed E-state index contributed by atoms with van der Waals surface area (Å²) in [6, 6.07) is 6.52. The Morgan fingerprint density at radius 1 is 1.00 bits per heavy atom. The van der Waals surface area contributed by atoms with Crippen LogP contribution < -0.4 is 9.47 Å². The van der Waals surface area contributed by atoms with Crippen LogP contribution >= 0.6 is 0 Å². The predicted octanol–water partition coefficient (Wildman–Crippen LogP) is 1.59. The van der Waals surface area contributed by atoms with Crippen LogP contribution in [0.2, 0.25) is 0 Å². The van der Waals surface area contributed by atoms with Crippen LogP contribution in [0.4, 0.5) is 0 Å². The van der Waals surface area contributed by atoms with Crippen LogP contribution in [0.3, 0.4) is 0 Å². The first-order chi connectivity index (χ1) is 11.2. The fourth-order valence-corrected chi connectivity index (χ4v) is 2.76.